The van der Waals surface area contributed by atoms with Crippen molar-refractivity contribution in [1.82, 2.24) is 19.9 Å². The van der Waals surface area contributed by atoms with E-state index in [4.69, 9.17) is 0 Å². The Morgan fingerprint density at radius 2 is 1.77 bits per heavy atom. The van der Waals surface area contributed by atoms with Crippen molar-refractivity contribution in [3.63, 3.8) is 0 Å². The summed E-state index contributed by atoms with van der Waals surface area (Å²) in [6.45, 7) is 0. The number of hydrogen-bond acceptors (Lipinski definition) is 3. The quantitative estimate of drug-likeness (QED) is 0.803. The fourth-order valence-corrected chi connectivity index (χ4v) is 2.30. The predicted octanol–water partition coefficient (Wildman–Crippen LogP) is 2.33. The van der Waals surface area contributed by atoms with Crippen molar-refractivity contribution in [2.24, 2.45) is 7.05 Å². The van der Waals surface area contributed by atoms with Gasteiger partial charge in [-0.25, -0.2) is 4.98 Å². The molecule has 0 unspecified atom stereocenters. The van der Waals surface area contributed by atoms with Crippen LogP contribution < -0.4 is 5.32 Å². The summed E-state index contributed by atoms with van der Waals surface area (Å²) >= 11 is 0. The number of pyridine rings is 1. The zero-order valence-electron chi connectivity index (χ0n) is 12.2. The molecule has 0 radical (unpaired) electrons. The molecule has 0 saturated heterocycles. The monoisotopic (exact) mass is 292 g/mol. The van der Waals surface area contributed by atoms with Gasteiger partial charge in [-0.2, -0.15) is 0 Å². The molecule has 0 aliphatic rings. The first-order valence-corrected chi connectivity index (χ1v) is 6.98. The van der Waals surface area contributed by atoms with Crippen LogP contribution in [0, 0.1) is 0 Å². The Hall–Kier alpha value is -2.95. The number of nitrogens with one attached hydrogen (secondary N) is 1. The lowest BCUT2D eigenvalue weighted by atomic mass is 9.99. The second-order valence-corrected chi connectivity index (χ2v) is 5.02. The Balaban J connectivity index is 1.91. The Morgan fingerprint density at radius 1 is 1.09 bits per heavy atom. The summed E-state index contributed by atoms with van der Waals surface area (Å²) in [4.78, 5) is 20.5. The maximum atomic E-state index is 12.4. The minimum atomic E-state index is -0.237. The van der Waals surface area contributed by atoms with E-state index in [1.165, 1.54) is 0 Å². The summed E-state index contributed by atoms with van der Waals surface area (Å²) < 4.78 is 1.75. The smallest absolute Gasteiger partial charge is 0.272 e. The number of carbonyl (C=O) groups excluding carboxylic acids is 1. The first kappa shape index (κ1) is 14.0. The molecule has 110 valence electrons. The molecule has 0 aliphatic heterocycles. The average molecular weight is 292 g/mol. The molecule has 2 heterocycles. The molecule has 1 N–H and O–H groups in total. The molecule has 1 aromatic carbocycles. The van der Waals surface area contributed by atoms with Gasteiger partial charge >= 0.3 is 0 Å². The van der Waals surface area contributed by atoms with Gasteiger partial charge in [-0.15, -0.1) is 0 Å². The molecule has 0 bridgehead atoms. The van der Waals surface area contributed by atoms with E-state index in [-0.39, 0.29) is 11.9 Å². The summed E-state index contributed by atoms with van der Waals surface area (Å²) in [5.41, 5.74) is 2.39. The highest BCUT2D eigenvalue weighted by Gasteiger charge is 2.18. The molecule has 5 heteroatoms. The molecule has 0 saturated carbocycles. The number of rotatable bonds is 4. The number of amides is 1. The van der Waals surface area contributed by atoms with Gasteiger partial charge in [0.25, 0.3) is 5.91 Å². The van der Waals surface area contributed by atoms with E-state index in [1.54, 1.807) is 29.5 Å². The molecule has 0 fully saturated rings. The van der Waals surface area contributed by atoms with Gasteiger partial charge < -0.3 is 9.88 Å². The summed E-state index contributed by atoms with van der Waals surface area (Å²) in [5.74, 6) is -0.203. The third-order valence-electron chi connectivity index (χ3n) is 3.39. The maximum Gasteiger partial charge on any atom is 0.272 e. The summed E-state index contributed by atoms with van der Waals surface area (Å²) in [6.07, 6.45) is 6.75. The van der Waals surface area contributed by atoms with E-state index in [0.29, 0.717) is 5.69 Å². The summed E-state index contributed by atoms with van der Waals surface area (Å²) in [7, 11) is 1.83. The van der Waals surface area contributed by atoms with Crippen LogP contribution in [0.2, 0.25) is 0 Å². The van der Waals surface area contributed by atoms with Crippen molar-refractivity contribution in [2.75, 3.05) is 0 Å². The number of aromatic nitrogens is 3. The van der Waals surface area contributed by atoms with E-state index in [0.717, 1.165) is 11.1 Å². The lowest BCUT2D eigenvalue weighted by Gasteiger charge is -2.19. The number of imidazole rings is 1. The van der Waals surface area contributed by atoms with Gasteiger partial charge in [0.1, 0.15) is 5.69 Å². The van der Waals surface area contributed by atoms with Crippen LogP contribution in [0.4, 0.5) is 0 Å². The lowest BCUT2D eigenvalue weighted by Crippen LogP contribution is -2.29. The van der Waals surface area contributed by atoms with Crippen LogP contribution in [0.1, 0.15) is 27.7 Å². The van der Waals surface area contributed by atoms with Crippen LogP contribution >= 0.6 is 0 Å². The van der Waals surface area contributed by atoms with Crippen molar-refractivity contribution in [3.05, 3.63) is 84.2 Å². The van der Waals surface area contributed by atoms with Gasteiger partial charge in [-0.3, -0.25) is 9.78 Å². The van der Waals surface area contributed by atoms with Gasteiger partial charge in [-0.05, 0) is 23.3 Å². The second-order valence-electron chi connectivity index (χ2n) is 5.02. The largest absolute Gasteiger partial charge is 0.340 e. The highest BCUT2D eigenvalue weighted by molar-refractivity contribution is 5.92. The Kier molecular flexibility index (Phi) is 3.96. The zero-order chi connectivity index (χ0) is 15.4. The van der Waals surface area contributed by atoms with Crippen LogP contribution in [0.15, 0.2) is 67.4 Å². The van der Waals surface area contributed by atoms with Crippen molar-refractivity contribution >= 4 is 5.91 Å². The Morgan fingerprint density at radius 3 is 2.41 bits per heavy atom. The summed E-state index contributed by atoms with van der Waals surface area (Å²) in [6, 6.07) is 13.4. The number of aryl methyl sites for hydroxylation is 1. The van der Waals surface area contributed by atoms with Crippen LogP contribution in [-0.2, 0) is 7.05 Å². The highest BCUT2D eigenvalue weighted by atomic mass is 16.2. The molecular weight excluding hydrogens is 276 g/mol. The SMILES string of the molecule is Cn1cnc(C(=O)N[C@H](c2ccccc2)c2ccncc2)c1. The third kappa shape index (κ3) is 3.03. The van der Waals surface area contributed by atoms with E-state index < -0.39 is 0 Å². The van der Waals surface area contributed by atoms with Gasteiger partial charge in [-0.1, -0.05) is 30.3 Å². The fourth-order valence-electron chi connectivity index (χ4n) is 2.30. The van der Waals surface area contributed by atoms with E-state index in [9.17, 15) is 4.79 Å². The Labute approximate surface area is 128 Å². The van der Waals surface area contributed by atoms with E-state index >= 15 is 0 Å². The number of hydrogen-bond donors (Lipinski definition) is 1. The molecule has 3 rings (SSSR count). The van der Waals surface area contributed by atoms with Gasteiger partial charge in [0, 0.05) is 25.6 Å². The fraction of sp³-hybridized carbons (Fsp3) is 0.118. The molecule has 1 amide bonds. The van der Waals surface area contributed by atoms with E-state index in [1.807, 2.05) is 49.5 Å². The van der Waals surface area contributed by atoms with Gasteiger partial charge in [0.05, 0.1) is 12.4 Å². The van der Waals surface area contributed by atoms with Crippen LogP contribution in [0.3, 0.4) is 0 Å². The molecule has 5 nitrogen and oxygen atoms in total. The highest BCUT2D eigenvalue weighted by Crippen LogP contribution is 2.21. The van der Waals surface area contributed by atoms with Gasteiger partial charge in [0.2, 0.25) is 0 Å². The average Bonchev–Trinajstić information content (AvgIpc) is 3.01. The lowest BCUT2D eigenvalue weighted by molar-refractivity contribution is 0.0938. The minimum absolute atomic E-state index is 0.203. The zero-order valence-corrected chi connectivity index (χ0v) is 12.2. The number of nitrogens with zero attached hydrogens (tertiary/aromatic N) is 3. The van der Waals surface area contributed by atoms with Gasteiger partial charge in [0.15, 0.2) is 0 Å². The first-order chi connectivity index (χ1) is 10.7. The van der Waals surface area contributed by atoms with Crippen molar-refractivity contribution in [1.29, 1.82) is 0 Å². The molecule has 3 aromatic rings. The van der Waals surface area contributed by atoms with Crippen LogP contribution in [0.5, 0.6) is 0 Å². The normalized spacial score (nSPS) is 11.9. The van der Waals surface area contributed by atoms with Crippen LogP contribution in [-0.4, -0.2) is 20.4 Å². The van der Waals surface area contributed by atoms with Crippen molar-refractivity contribution in [2.45, 2.75) is 6.04 Å². The maximum absolute atomic E-state index is 12.4. The second kappa shape index (κ2) is 6.22. The predicted molar refractivity (Wildman–Crippen MR) is 83.2 cm³/mol. The molecule has 1 atom stereocenters. The third-order valence-corrected chi connectivity index (χ3v) is 3.39. The van der Waals surface area contributed by atoms with E-state index in [2.05, 4.69) is 15.3 Å². The van der Waals surface area contributed by atoms with Crippen molar-refractivity contribution < 1.29 is 4.79 Å². The molecule has 0 spiro atoms. The minimum Gasteiger partial charge on any atom is -0.340 e. The molecule has 2 aromatic heterocycles. The topological polar surface area (TPSA) is 59.8 Å². The number of benzene rings is 1. The van der Waals surface area contributed by atoms with Crippen molar-refractivity contribution in [3.8, 4) is 0 Å². The molecule has 0 aliphatic carbocycles. The first-order valence-electron chi connectivity index (χ1n) is 6.98. The standard InChI is InChI=1S/C17H16N4O/c1-21-11-15(19-12-21)17(22)20-16(13-5-3-2-4-6-13)14-7-9-18-10-8-14/h2-12,16H,1H3,(H,20,22)/t16-/m1/s1. The number of carbonyl (C=O) groups is 1. The molecular formula is C17H16N4O. The molecule has 22 heavy (non-hydrogen) atoms. The summed E-state index contributed by atoms with van der Waals surface area (Å²) in [5, 5.41) is 3.04. The van der Waals surface area contributed by atoms with Crippen LogP contribution in [0.25, 0.3) is 0 Å². The Bertz CT molecular complexity index is 713.